The first-order chi connectivity index (χ1) is 18.4. The number of hydrogen-bond acceptors (Lipinski definition) is 3. The van der Waals surface area contributed by atoms with Gasteiger partial charge in [0, 0.05) is 5.92 Å². The third-order valence-corrected chi connectivity index (χ3v) is 13.4. The van der Waals surface area contributed by atoms with Gasteiger partial charge >= 0.3 is 5.97 Å². The van der Waals surface area contributed by atoms with Crippen molar-refractivity contribution in [3.8, 4) is 0 Å². The van der Waals surface area contributed by atoms with Crippen LogP contribution in [0.3, 0.4) is 0 Å². The summed E-state index contributed by atoms with van der Waals surface area (Å²) in [5.74, 6) is 1.81. The number of ether oxygens (including phenoxy) is 1. The summed E-state index contributed by atoms with van der Waals surface area (Å²) < 4.78 is 5.95. The zero-order chi connectivity index (χ0) is 27.8. The highest BCUT2D eigenvalue weighted by Crippen LogP contribution is 2.74. The molecule has 1 aromatic carbocycles. The summed E-state index contributed by atoms with van der Waals surface area (Å²) in [7, 11) is 0. The maximum Gasteiger partial charge on any atom is 0.312 e. The monoisotopic (exact) mass is 528 g/mol. The Morgan fingerprint density at radius 2 is 1.69 bits per heavy atom. The third kappa shape index (κ3) is 3.81. The topological polar surface area (TPSA) is 43.4 Å². The molecule has 210 valence electrons. The number of ketones is 1. The molecule has 3 saturated carbocycles. The fourth-order valence-corrected chi connectivity index (χ4v) is 10.4. The molecule has 0 aromatic heterocycles. The predicted molar refractivity (Wildman–Crippen MR) is 156 cm³/mol. The van der Waals surface area contributed by atoms with Gasteiger partial charge in [-0.3, -0.25) is 9.59 Å². The van der Waals surface area contributed by atoms with Crippen molar-refractivity contribution >= 4 is 11.8 Å². The summed E-state index contributed by atoms with van der Waals surface area (Å²) in [5, 5.41) is 0. The lowest BCUT2D eigenvalue weighted by Gasteiger charge is -2.69. The van der Waals surface area contributed by atoms with Gasteiger partial charge in [-0.15, -0.1) is 0 Å². The molecule has 6 rings (SSSR count). The van der Waals surface area contributed by atoms with E-state index in [1.165, 1.54) is 19.3 Å². The van der Waals surface area contributed by atoms with Crippen molar-refractivity contribution in [1.29, 1.82) is 0 Å². The molecular weight excluding hydrogens is 480 g/mol. The van der Waals surface area contributed by atoms with Crippen molar-refractivity contribution in [1.82, 2.24) is 0 Å². The number of rotatable bonds is 3. The highest BCUT2D eigenvalue weighted by atomic mass is 16.5. The summed E-state index contributed by atoms with van der Waals surface area (Å²) in [6, 6.07) is 10.0. The second-order valence-electron chi connectivity index (χ2n) is 15.3. The molecule has 5 aliphatic carbocycles. The van der Waals surface area contributed by atoms with Crippen LogP contribution >= 0.6 is 0 Å². The van der Waals surface area contributed by atoms with Crippen LogP contribution in [-0.2, 0) is 20.9 Å². The predicted octanol–water partition coefficient (Wildman–Crippen LogP) is 8.49. The SMILES string of the molecule is C[C@@H]1C(=O)C=C[C@@]2(C)C1CC[C@]1(C)C2CC=C2[C@@H]3C[C@@](C)(C(=O)OCc4ccccc4)CC[C@]3(C)CC[C@]21C. The van der Waals surface area contributed by atoms with Crippen LogP contribution < -0.4 is 0 Å². The molecule has 0 saturated heterocycles. The first-order valence-electron chi connectivity index (χ1n) is 15.5. The average Bonchev–Trinajstić information content (AvgIpc) is 2.91. The van der Waals surface area contributed by atoms with Gasteiger partial charge in [0.1, 0.15) is 6.61 Å². The van der Waals surface area contributed by atoms with Crippen molar-refractivity contribution in [2.75, 3.05) is 0 Å². The van der Waals surface area contributed by atoms with Gasteiger partial charge in [-0.25, -0.2) is 0 Å². The fourth-order valence-electron chi connectivity index (χ4n) is 10.4. The number of carbonyl (C=O) groups excluding carboxylic acids is 2. The van der Waals surface area contributed by atoms with Crippen molar-refractivity contribution in [3.63, 3.8) is 0 Å². The Hall–Kier alpha value is -2.16. The van der Waals surface area contributed by atoms with E-state index in [1.807, 2.05) is 36.4 Å². The van der Waals surface area contributed by atoms with Crippen LogP contribution in [-0.4, -0.2) is 11.8 Å². The number of allylic oxidation sites excluding steroid dienone is 4. The molecule has 1 aromatic rings. The Kier molecular flexibility index (Phi) is 6.18. The number of esters is 1. The average molecular weight is 529 g/mol. The van der Waals surface area contributed by atoms with E-state index in [2.05, 4.69) is 53.7 Å². The Labute approximate surface area is 235 Å². The highest BCUT2D eigenvalue weighted by Gasteiger charge is 2.66. The molecule has 3 fully saturated rings. The van der Waals surface area contributed by atoms with Gasteiger partial charge in [0.05, 0.1) is 5.41 Å². The van der Waals surface area contributed by atoms with E-state index in [0.717, 1.165) is 37.7 Å². The van der Waals surface area contributed by atoms with E-state index in [0.29, 0.717) is 30.1 Å². The van der Waals surface area contributed by atoms with Crippen molar-refractivity contribution < 1.29 is 14.3 Å². The number of fused-ring (bicyclic) bond motifs is 7. The summed E-state index contributed by atoms with van der Waals surface area (Å²) in [5.41, 5.74) is 2.87. The van der Waals surface area contributed by atoms with Gasteiger partial charge in [-0.1, -0.05) is 82.7 Å². The van der Waals surface area contributed by atoms with Gasteiger partial charge in [-0.05, 0) is 109 Å². The van der Waals surface area contributed by atoms with E-state index >= 15 is 0 Å². The molecule has 0 amide bonds. The Morgan fingerprint density at radius 1 is 0.974 bits per heavy atom. The second kappa shape index (κ2) is 8.92. The molecule has 0 radical (unpaired) electrons. The molecule has 3 nitrogen and oxygen atoms in total. The zero-order valence-electron chi connectivity index (χ0n) is 25.0. The molecule has 39 heavy (non-hydrogen) atoms. The summed E-state index contributed by atoms with van der Waals surface area (Å²) >= 11 is 0. The largest absolute Gasteiger partial charge is 0.460 e. The smallest absolute Gasteiger partial charge is 0.312 e. The Morgan fingerprint density at radius 3 is 2.44 bits per heavy atom. The number of hydrogen-bond donors (Lipinski definition) is 0. The van der Waals surface area contributed by atoms with Crippen LogP contribution in [0.4, 0.5) is 0 Å². The van der Waals surface area contributed by atoms with Crippen LogP contribution in [0.25, 0.3) is 0 Å². The number of benzene rings is 1. The minimum atomic E-state index is -0.443. The standard InChI is InChI=1S/C36H48O3/c1-24-26-14-17-36(6)30(34(26,4)16-15-29(24)37)13-12-27-28-22-33(3,19-18-32(28,2)20-21-35(27,36)5)31(38)39-23-25-10-8-7-9-11-25/h7-12,15-16,24,26,28,30H,13-14,17-23H2,1-6H3/t24-,26?,28-,30?,32+,33-,34-,35+,36+/m0/s1. The third-order valence-electron chi connectivity index (χ3n) is 13.4. The van der Waals surface area contributed by atoms with Crippen LogP contribution in [0, 0.1) is 50.7 Å². The van der Waals surface area contributed by atoms with Gasteiger partial charge in [0.15, 0.2) is 5.78 Å². The molecular formula is C36H48O3. The fraction of sp³-hybridized carbons (Fsp3) is 0.667. The maximum absolute atomic E-state index is 13.6. The first kappa shape index (κ1) is 27.0. The van der Waals surface area contributed by atoms with Crippen molar-refractivity contribution in [3.05, 3.63) is 59.7 Å². The molecule has 2 unspecified atom stereocenters. The van der Waals surface area contributed by atoms with E-state index < -0.39 is 5.41 Å². The van der Waals surface area contributed by atoms with Crippen molar-refractivity contribution in [2.45, 2.75) is 99.5 Å². The lowest BCUT2D eigenvalue weighted by Crippen LogP contribution is -2.62. The van der Waals surface area contributed by atoms with E-state index in [-0.39, 0.29) is 33.5 Å². The van der Waals surface area contributed by atoms with E-state index in [4.69, 9.17) is 4.74 Å². The molecule has 0 spiro atoms. The minimum absolute atomic E-state index is 0.0276. The Balaban J connectivity index is 1.31. The summed E-state index contributed by atoms with van der Waals surface area (Å²) in [6.07, 6.45) is 15.6. The van der Waals surface area contributed by atoms with E-state index in [1.54, 1.807) is 5.57 Å². The molecule has 0 bridgehead atoms. The van der Waals surface area contributed by atoms with Crippen LogP contribution in [0.1, 0.15) is 98.5 Å². The van der Waals surface area contributed by atoms with Gasteiger partial charge < -0.3 is 4.74 Å². The maximum atomic E-state index is 13.6. The van der Waals surface area contributed by atoms with Gasteiger partial charge in [-0.2, -0.15) is 0 Å². The summed E-state index contributed by atoms with van der Waals surface area (Å²) in [6.45, 7) is 14.8. The molecule has 3 heteroatoms. The highest BCUT2D eigenvalue weighted by molar-refractivity contribution is 5.93. The molecule has 5 aliphatic rings. The van der Waals surface area contributed by atoms with Crippen LogP contribution in [0.5, 0.6) is 0 Å². The van der Waals surface area contributed by atoms with Gasteiger partial charge in [0.2, 0.25) is 0 Å². The lowest BCUT2D eigenvalue weighted by molar-refractivity contribution is -0.167. The van der Waals surface area contributed by atoms with Crippen LogP contribution in [0.2, 0.25) is 0 Å². The minimum Gasteiger partial charge on any atom is -0.460 e. The first-order valence-corrected chi connectivity index (χ1v) is 15.5. The van der Waals surface area contributed by atoms with Crippen molar-refractivity contribution in [2.24, 2.45) is 50.7 Å². The molecule has 0 aliphatic heterocycles. The summed E-state index contributed by atoms with van der Waals surface area (Å²) in [4.78, 5) is 26.2. The van der Waals surface area contributed by atoms with E-state index in [9.17, 15) is 9.59 Å². The van der Waals surface area contributed by atoms with Crippen LogP contribution in [0.15, 0.2) is 54.1 Å². The van der Waals surface area contributed by atoms with Gasteiger partial charge in [0.25, 0.3) is 0 Å². The molecule has 9 atom stereocenters. The molecule has 0 heterocycles. The molecule has 0 N–H and O–H groups in total. The second-order valence-corrected chi connectivity index (χ2v) is 15.3. The lowest BCUT2D eigenvalue weighted by atomic mass is 9.35. The zero-order valence-corrected chi connectivity index (χ0v) is 25.0. The Bertz CT molecular complexity index is 1230. The quantitative estimate of drug-likeness (QED) is 0.292. The normalized spacial score (nSPS) is 46.7. The number of carbonyl (C=O) groups is 2.